The van der Waals surface area contributed by atoms with Crippen molar-refractivity contribution in [3.8, 4) is 0 Å². The molecular formula is C11H10ClN3O4S3. The molecule has 11 heteroatoms. The van der Waals surface area contributed by atoms with Crippen molar-refractivity contribution in [2.45, 2.75) is 23.1 Å². The van der Waals surface area contributed by atoms with Gasteiger partial charge in [0.1, 0.15) is 12.0 Å². The third kappa shape index (κ3) is 4.09. The SMILES string of the molecule is CC(=O)OSc1nnc(NS(=O)(=O)c2cccc(Cl)c2C)s1. The fourth-order valence-corrected chi connectivity index (χ4v) is 4.37. The average Bonchev–Trinajstić information content (AvgIpc) is 2.86. The standard InChI is InChI=1S/C11H10ClN3O4S3/c1-6-8(12)4-3-5-9(6)22(17,18)15-10-13-14-11(20-10)21-19-7(2)16/h3-5H,1-2H3,(H,13,15). The molecule has 2 rings (SSSR count). The monoisotopic (exact) mass is 379 g/mol. The Kier molecular flexibility index (Phi) is 5.27. The third-order valence-corrected chi connectivity index (χ3v) is 6.02. The molecule has 0 saturated carbocycles. The molecule has 2 aromatic rings. The summed E-state index contributed by atoms with van der Waals surface area (Å²) >= 11 is 7.59. The lowest BCUT2D eigenvalue weighted by Gasteiger charge is -2.08. The molecule has 0 saturated heterocycles. The molecule has 118 valence electrons. The summed E-state index contributed by atoms with van der Waals surface area (Å²) in [6.45, 7) is 2.86. The number of halogens is 1. The third-order valence-electron chi connectivity index (χ3n) is 2.37. The first-order valence-corrected chi connectivity index (χ1v) is 9.18. The maximum Gasteiger partial charge on any atom is 0.315 e. The maximum absolute atomic E-state index is 12.3. The van der Waals surface area contributed by atoms with Crippen LogP contribution in [-0.2, 0) is 19.0 Å². The number of hydrogen-bond donors (Lipinski definition) is 1. The van der Waals surface area contributed by atoms with Crippen molar-refractivity contribution in [1.29, 1.82) is 0 Å². The van der Waals surface area contributed by atoms with Crippen molar-refractivity contribution < 1.29 is 17.4 Å². The normalized spacial score (nSPS) is 11.2. The molecular weight excluding hydrogens is 370 g/mol. The molecule has 1 N–H and O–H groups in total. The first-order valence-electron chi connectivity index (χ1n) is 5.76. The second-order valence-corrected chi connectivity index (χ2v) is 8.01. The van der Waals surface area contributed by atoms with E-state index in [1.807, 2.05) is 0 Å². The highest BCUT2D eigenvalue weighted by atomic mass is 35.5. The van der Waals surface area contributed by atoms with Crippen molar-refractivity contribution >= 4 is 56.1 Å². The number of carbonyl (C=O) groups is 1. The van der Waals surface area contributed by atoms with Crippen LogP contribution in [0.5, 0.6) is 0 Å². The Labute approximate surface area is 140 Å². The van der Waals surface area contributed by atoms with E-state index >= 15 is 0 Å². The summed E-state index contributed by atoms with van der Waals surface area (Å²) in [6, 6.07) is 4.60. The van der Waals surface area contributed by atoms with Crippen molar-refractivity contribution in [3.63, 3.8) is 0 Å². The number of hydrogen-bond acceptors (Lipinski definition) is 8. The second-order valence-electron chi connectivity index (χ2n) is 4.00. The molecule has 1 aromatic heterocycles. The van der Waals surface area contributed by atoms with Gasteiger partial charge in [-0.3, -0.25) is 9.52 Å². The number of carbonyl (C=O) groups excluding carboxylic acids is 1. The molecule has 0 aliphatic carbocycles. The first-order chi connectivity index (χ1) is 10.3. The van der Waals surface area contributed by atoms with Crippen molar-refractivity contribution in [2.24, 2.45) is 0 Å². The molecule has 1 aromatic carbocycles. The van der Waals surface area contributed by atoms with Gasteiger partial charge in [0.05, 0.1) is 4.90 Å². The van der Waals surface area contributed by atoms with Gasteiger partial charge in [-0.1, -0.05) is 29.0 Å². The lowest BCUT2D eigenvalue weighted by atomic mass is 10.2. The lowest BCUT2D eigenvalue weighted by Crippen LogP contribution is -2.14. The van der Waals surface area contributed by atoms with Crippen LogP contribution >= 0.6 is 35.0 Å². The van der Waals surface area contributed by atoms with Gasteiger partial charge in [-0.05, 0) is 24.6 Å². The van der Waals surface area contributed by atoms with Gasteiger partial charge < -0.3 is 4.18 Å². The second kappa shape index (κ2) is 6.82. The van der Waals surface area contributed by atoms with Crippen LogP contribution in [0.15, 0.2) is 27.4 Å². The number of nitrogens with zero attached hydrogens (tertiary/aromatic N) is 2. The Morgan fingerprint density at radius 1 is 1.41 bits per heavy atom. The molecule has 0 aliphatic rings. The van der Waals surface area contributed by atoms with Gasteiger partial charge in [-0.2, -0.15) is 0 Å². The molecule has 0 fully saturated rings. The Bertz CT molecular complexity index is 807. The smallest absolute Gasteiger partial charge is 0.315 e. The molecule has 1 heterocycles. The van der Waals surface area contributed by atoms with Gasteiger partial charge in [0.2, 0.25) is 9.47 Å². The predicted octanol–water partition coefficient (Wildman–Crippen LogP) is 2.87. The van der Waals surface area contributed by atoms with Gasteiger partial charge in [-0.25, -0.2) is 8.42 Å². The summed E-state index contributed by atoms with van der Waals surface area (Å²) in [7, 11) is -3.83. The maximum atomic E-state index is 12.3. The minimum absolute atomic E-state index is 0.0596. The Morgan fingerprint density at radius 2 is 2.14 bits per heavy atom. The van der Waals surface area contributed by atoms with Gasteiger partial charge in [0, 0.05) is 11.9 Å². The quantitative estimate of drug-likeness (QED) is 0.797. The largest absolute Gasteiger partial charge is 0.384 e. The number of rotatable bonds is 5. The highest BCUT2D eigenvalue weighted by Gasteiger charge is 2.20. The summed E-state index contributed by atoms with van der Waals surface area (Å²) < 4.78 is 32.0. The number of nitrogens with one attached hydrogen (secondary N) is 1. The van der Waals surface area contributed by atoms with Gasteiger partial charge in [-0.15, -0.1) is 10.2 Å². The Morgan fingerprint density at radius 3 is 2.82 bits per heavy atom. The summed E-state index contributed by atoms with van der Waals surface area (Å²) in [5.74, 6) is -0.489. The van der Waals surface area contributed by atoms with E-state index < -0.39 is 16.0 Å². The van der Waals surface area contributed by atoms with Crippen molar-refractivity contribution in [1.82, 2.24) is 10.2 Å². The van der Waals surface area contributed by atoms with Crippen LogP contribution < -0.4 is 4.72 Å². The highest BCUT2D eigenvalue weighted by Crippen LogP contribution is 2.29. The van der Waals surface area contributed by atoms with E-state index in [0.717, 1.165) is 11.3 Å². The van der Waals surface area contributed by atoms with Crippen LogP contribution in [-0.4, -0.2) is 24.6 Å². The molecule has 22 heavy (non-hydrogen) atoms. The van der Waals surface area contributed by atoms with E-state index in [4.69, 9.17) is 11.6 Å². The van der Waals surface area contributed by atoms with Crippen molar-refractivity contribution in [2.75, 3.05) is 4.72 Å². The fraction of sp³-hybridized carbons (Fsp3) is 0.182. The van der Waals surface area contributed by atoms with E-state index in [0.29, 0.717) is 27.0 Å². The van der Waals surface area contributed by atoms with Crippen LogP contribution in [0.3, 0.4) is 0 Å². The zero-order valence-corrected chi connectivity index (χ0v) is 14.6. The number of aromatic nitrogens is 2. The Hall–Kier alpha value is -1.36. The molecule has 0 unspecified atom stereocenters. The fourth-order valence-electron chi connectivity index (χ4n) is 1.43. The summed E-state index contributed by atoms with van der Waals surface area (Å²) in [5.41, 5.74) is 0.440. The molecule has 0 spiro atoms. The summed E-state index contributed by atoms with van der Waals surface area (Å²) in [5, 5.41) is 7.81. The average molecular weight is 380 g/mol. The van der Waals surface area contributed by atoms with Crippen molar-refractivity contribution in [3.05, 3.63) is 28.8 Å². The molecule has 0 atom stereocenters. The lowest BCUT2D eigenvalue weighted by molar-refractivity contribution is -0.130. The van der Waals surface area contributed by atoms with E-state index in [9.17, 15) is 13.2 Å². The van der Waals surface area contributed by atoms with Gasteiger partial charge >= 0.3 is 5.97 Å². The van der Waals surface area contributed by atoms with Crippen LogP contribution in [0.25, 0.3) is 0 Å². The summed E-state index contributed by atoms with van der Waals surface area (Å²) in [6.07, 6.45) is 0. The minimum Gasteiger partial charge on any atom is -0.384 e. The van der Waals surface area contributed by atoms with Crippen LogP contribution in [0.4, 0.5) is 5.13 Å². The zero-order chi connectivity index (χ0) is 16.3. The van der Waals surface area contributed by atoms with Crippen LogP contribution in [0.2, 0.25) is 5.02 Å². The van der Waals surface area contributed by atoms with Crippen LogP contribution in [0.1, 0.15) is 12.5 Å². The van der Waals surface area contributed by atoms with E-state index in [2.05, 4.69) is 19.1 Å². The zero-order valence-electron chi connectivity index (χ0n) is 11.4. The first kappa shape index (κ1) is 17.0. The number of sulfonamides is 1. The molecule has 0 bridgehead atoms. The molecule has 7 nitrogen and oxygen atoms in total. The van der Waals surface area contributed by atoms with E-state index in [1.54, 1.807) is 19.1 Å². The summed E-state index contributed by atoms with van der Waals surface area (Å²) in [4.78, 5) is 10.8. The minimum atomic E-state index is -3.83. The number of anilines is 1. The Balaban J connectivity index is 2.19. The molecule has 0 amide bonds. The highest BCUT2D eigenvalue weighted by molar-refractivity contribution is 7.97. The molecule has 0 aliphatic heterocycles. The van der Waals surface area contributed by atoms with E-state index in [1.165, 1.54) is 13.0 Å². The van der Waals surface area contributed by atoms with Gasteiger partial charge in [0.25, 0.3) is 10.0 Å². The predicted molar refractivity (Wildman–Crippen MR) is 84.5 cm³/mol. The number of benzene rings is 1. The van der Waals surface area contributed by atoms with E-state index in [-0.39, 0.29) is 10.0 Å². The van der Waals surface area contributed by atoms with Crippen LogP contribution in [0, 0.1) is 6.92 Å². The topological polar surface area (TPSA) is 98.2 Å². The van der Waals surface area contributed by atoms with Gasteiger partial charge in [0.15, 0.2) is 0 Å². The molecule has 0 radical (unpaired) electrons.